The summed E-state index contributed by atoms with van der Waals surface area (Å²) < 4.78 is 13.0. The second-order valence-corrected chi connectivity index (χ2v) is 5.72. The van der Waals surface area contributed by atoms with Crippen molar-refractivity contribution in [2.24, 2.45) is 5.92 Å². The molecular formula is C15H18FNO2. The Morgan fingerprint density at radius 2 is 2.00 bits per heavy atom. The largest absolute Gasteiger partial charge is 0.481 e. The highest BCUT2D eigenvalue weighted by molar-refractivity contribution is 5.73. The summed E-state index contributed by atoms with van der Waals surface area (Å²) in [6, 6.07) is 6.91. The number of piperidine rings is 1. The molecule has 0 radical (unpaired) electrons. The van der Waals surface area contributed by atoms with Crippen LogP contribution < -0.4 is 0 Å². The number of hydrogen-bond acceptors (Lipinski definition) is 2. The molecule has 2 saturated heterocycles. The second kappa shape index (κ2) is 4.60. The Morgan fingerprint density at radius 1 is 1.32 bits per heavy atom. The molecule has 2 aliphatic rings. The van der Waals surface area contributed by atoms with Gasteiger partial charge in [-0.15, -0.1) is 0 Å². The molecule has 0 aromatic heterocycles. The Bertz CT molecular complexity index is 487. The highest BCUT2D eigenvalue weighted by Gasteiger charge is 2.49. The molecule has 3 nitrogen and oxygen atoms in total. The first-order valence-electron chi connectivity index (χ1n) is 6.78. The molecule has 3 unspecified atom stereocenters. The molecule has 4 heteroatoms. The van der Waals surface area contributed by atoms with Crippen LogP contribution in [0.25, 0.3) is 0 Å². The van der Waals surface area contributed by atoms with Gasteiger partial charge in [-0.2, -0.15) is 0 Å². The van der Waals surface area contributed by atoms with Crippen molar-refractivity contribution in [1.29, 1.82) is 0 Å². The van der Waals surface area contributed by atoms with Crippen LogP contribution >= 0.6 is 0 Å². The van der Waals surface area contributed by atoms with Crippen molar-refractivity contribution in [2.75, 3.05) is 7.05 Å². The number of rotatable bonds is 2. The molecule has 0 amide bonds. The number of carbonyl (C=O) groups is 1. The average Bonchev–Trinajstić information content (AvgIpc) is 2.63. The van der Waals surface area contributed by atoms with Crippen LogP contribution in [0.2, 0.25) is 0 Å². The number of nitrogens with zero attached hydrogens (tertiary/aromatic N) is 1. The molecule has 1 aromatic rings. The van der Waals surface area contributed by atoms with E-state index in [1.165, 1.54) is 12.1 Å². The Balaban J connectivity index is 1.95. The number of aliphatic carboxylic acids is 1. The number of hydrogen-bond donors (Lipinski definition) is 1. The third kappa shape index (κ3) is 2.04. The standard InChI is InChI=1S/C15H18FNO2/c1-17-11-6-7-13(17)14(15(18)19)12(8-11)9-2-4-10(16)5-3-9/h2-5,11-14H,6-8H2,1H3,(H,18,19)/t11?,12?,13?,14-/m0/s1. The summed E-state index contributed by atoms with van der Waals surface area (Å²) in [7, 11) is 2.03. The van der Waals surface area contributed by atoms with Crippen molar-refractivity contribution in [3.63, 3.8) is 0 Å². The number of carboxylic acid groups (broad SMARTS) is 1. The zero-order chi connectivity index (χ0) is 13.6. The first-order valence-corrected chi connectivity index (χ1v) is 6.78. The normalized spacial score (nSPS) is 34.4. The monoisotopic (exact) mass is 263 g/mol. The first-order chi connectivity index (χ1) is 9.08. The van der Waals surface area contributed by atoms with Crippen molar-refractivity contribution in [3.8, 4) is 0 Å². The Morgan fingerprint density at radius 3 is 2.63 bits per heavy atom. The highest BCUT2D eigenvalue weighted by atomic mass is 19.1. The molecule has 0 spiro atoms. The van der Waals surface area contributed by atoms with Gasteiger partial charge in [0.15, 0.2) is 0 Å². The fourth-order valence-electron chi connectivity index (χ4n) is 3.86. The molecule has 1 aromatic carbocycles. The minimum Gasteiger partial charge on any atom is -0.481 e. The minimum absolute atomic E-state index is 0.00630. The van der Waals surface area contributed by atoms with E-state index in [9.17, 15) is 14.3 Å². The molecular weight excluding hydrogens is 245 g/mol. The predicted octanol–water partition coefficient (Wildman–Crippen LogP) is 2.48. The maximum Gasteiger partial charge on any atom is 0.308 e. The van der Waals surface area contributed by atoms with E-state index in [1.807, 2.05) is 7.05 Å². The number of halogens is 1. The van der Waals surface area contributed by atoms with Gasteiger partial charge >= 0.3 is 5.97 Å². The molecule has 0 saturated carbocycles. The highest BCUT2D eigenvalue weighted by Crippen LogP contribution is 2.46. The summed E-state index contributed by atoms with van der Waals surface area (Å²) in [5, 5.41) is 9.56. The van der Waals surface area contributed by atoms with Gasteiger partial charge < -0.3 is 5.11 Å². The molecule has 1 N–H and O–H groups in total. The summed E-state index contributed by atoms with van der Waals surface area (Å²) in [6.07, 6.45) is 2.88. The maximum absolute atomic E-state index is 13.0. The van der Waals surface area contributed by atoms with Crippen molar-refractivity contribution in [2.45, 2.75) is 37.3 Å². The van der Waals surface area contributed by atoms with E-state index in [4.69, 9.17) is 0 Å². The molecule has 19 heavy (non-hydrogen) atoms. The molecule has 3 rings (SSSR count). The van der Waals surface area contributed by atoms with Crippen molar-refractivity contribution < 1.29 is 14.3 Å². The van der Waals surface area contributed by atoms with Crippen LogP contribution in [0.3, 0.4) is 0 Å². The maximum atomic E-state index is 13.0. The lowest BCUT2D eigenvalue weighted by molar-refractivity contribution is -0.146. The van der Waals surface area contributed by atoms with Gasteiger partial charge in [0.1, 0.15) is 5.82 Å². The van der Waals surface area contributed by atoms with Crippen molar-refractivity contribution in [1.82, 2.24) is 4.90 Å². The van der Waals surface area contributed by atoms with Crippen molar-refractivity contribution in [3.05, 3.63) is 35.6 Å². The van der Waals surface area contributed by atoms with Crippen LogP contribution in [0, 0.1) is 11.7 Å². The van der Waals surface area contributed by atoms with Gasteiger partial charge in [0.2, 0.25) is 0 Å². The van der Waals surface area contributed by atoms with Crippen LogP contribution in [0.5, 0.6) is 0 Å². The van der Waals surface area contributed by atoms with Gasteiger partial charge in [-0.05, 0) is 44.0 Å². The Hall–Kier alpha value is -1.42. The summed E-state index contributed by atoms with van der Waals surface area (Å²) >= 11 is 0. The number of benzene rings is 1. The van der Waals surface area contributed by atoms with Gasteiger partial charge in [-0.3, -0.25) is 9.69 Å². The molecule has 2 bridgehead atoms. The van der Waals surface area contributed by atoms with Gasteiger partial charge in [0, 0.05) is 18.0 Å². The zero-order valence-corrected chi connectivity index (χ0v) is 10.9. The van der Waals surface area contributed by atoms with E-state index in [-0.39, 0.29) is 23.7 Å². The lowest BCUT2D eigenvalue weighted by Crippen LogP contribution is -2.48. The fraction of sp³-hybridized carbons (Fsp3) is 0.533. The smallest absolute Gasteiger partial charge is 0.308 e. The summed E-state index contributed by atoms with van der Waals surface area (Å²) in [4.78, 5) is 13.9. The Labute approximate surface area is 112 Å². The van der Waals surface area contributed by atoms with Crippen LogP contribution in [0.15, 0.2) is 24.3 Å². The SMILES string of the molecule is CN1C2CCC1[C@@H](C(=O)O)C(c1ccc(F)cc1)C2. The van der Waals surface area contributed by atoms with Crippen LogP contribution in [0.1, 0.15) is 30.7 Å². The molecule has 0 aliphatic carbocycles. The summed E-state index contributed by atoms with van der Waals surface area (Å²) in [5.74, 6) is -1.38. The van der Waals surface area contributed by atoms with E-state index in [1.54, 1.807) is 12.1 Å². The summed E-state index contributed by atoms with van der Waals surface area (Å²) in [5.41, 5.74) is 0.957. The number of carboxylic acids is 1. The first kappa shape index (κ1) is 12.6. The van der Waals surface area contributed by atoms with Crippen LogP contribution in [0.4, 0.5) is 4.39 Å². The average molecular weight is 263 g/mol. The molecule has 2 heterocycles. The predicted molar refractivity (Wildman–Crippen MR) is 69.5 cm³/mol. The quantitative estimate of drug-likeness (QED) is 0.891. The zero-order valence-electron chi connectivity index (χ0n) is 10.9. The van der Waals surface area contributed by atoms with E-state index in [2.05, 4.69) is 4.90 Å². The third-order valence-corrected chi connectivity index (χ3v) is 4.85. The summed E-state index contributed by atoms with van der Waals surface area (Å²) in [6.45, 7) is 0. The van der Waals surface area contributed by atoms with E-state index in [0.29, 0.717) is 6.04 Å². The minimum atomic E-state index is -0.730. The van der Waals surface area contributed by atoms with Gasteiger partial charge in [-0.25, -0.2) is 4.39 Å². The molecule has 102 valence electrons. The fourth-order valence-corrected chi connectivity index (χ4v) is 3.86. The van der Waals surface area contributed by atoms with Crippen molar-refractivity contribution >= 4 is 5.97 Å². The van der Waals surface area contributed by atoms with E-state index >= 15 is 0 Å². The van der Waals surface area contributed by atoms with Crippen LogP contribution in [-0.2, 0) is 4.79 Å². The lowest BCUT2D eigenvalue weighted by Gasteiger charge is -2.41. The van der Waals surface area contributed by atoms with Gasteiger partial charge in [-0.1, -0.05) is 12.1 Å². The van der Waals surface area contributed by atoms with Gasteiger partial charge in [0.25, 0.3) is 0 Å². The third-order valence-electron chi connectivity index (χ3n) is 4.85. The van der Waals surface area contributed by atoms with Crippen LogP contribution in [-0.4, -0.2) is 35.1 Å². The second-order valence-electron chi connectivity index (χ2n) is 5.72. The van der Waals surface area contributed by atoms with E-state index in [0.717, 1.165) is 24.8 Å². The topological polar surface area (TPSA) is 40.5 Å². The number of fused-ring (bicyclic) bond motifs is 2. The molecule has 4 atom stereocenters. The lowest BCUT2D eigenvalue weighted by atomic mass is 9.76. The van der Waals surface area contributed by atoms with Gasteiger partial charge in [0.05, 0.1) is 5.92 Å². The van der Waals surface area contributed by atoms with E-state index < -0.39 is 5.97 Å². The molecule has 2 fully saturated rings. The molecule has 2 aliphatic heterocycles. The Kier molecular flexibility index (Phi) is 3.05.